The Morgan fingerprint density at radius 1 is 1.12 bits per heavy atom. The van der Waals surface area contributed by atoms with E-state index in [1.165, 1.54) is 0 Å². The summed E-state index contributed by atoms with van der Waals surface area (Å²) in [6.45, 7) is 0. The second-order valence-electron chi connectivity index (χ2n) is 1.62. The van der Waals surface area contributed by atoms with Gasteiger partial charge in [0.05, 0.1) is 0 Å². The Morgan fingerprint density at radius 3 is 2.12 bits per heavy atom. The van der Waals surface area contributed by atoms with Gasteiger partial charge >= 0.3 is 60.0 Å². The zero-order valence-corrected chi connectivity index (χ0v) is 7.74. The zero-order valence-electron chi connectivity index (χ0n) is 4.89. The van der Waals surface area contributed by atoms with Crippen LogP contribution in [0.25, 0.3) is 0 Å². The summed E-state index contributed by atoms with van der Waals surface area (Å²) in [5.41, 5.74) is 0. The normalized spacial score (nSPS) is 9.12. The van der Waals surface area contributed by atoms with Crippen LogP contribution in [0, 0.1) is 0 Å². The first-order valence-electron chi connectivity index (χ1n) is 2.66. The maximum absolute atomic E-state index is 2.33. The maximum atomic E-state index is 2.33. The van der Waals surface area contributed by atoms with Gasteiger partial charge in [-0.3, -0.25) is 0 Å². The molecule has 0 bridgehead atoms. The van der Waals surface area contributed by atoms with Crippen molar-refractivity contribution in [1.82, 2.24) is 0 Å². The molecule has 0 aliphatic heterocycles. The molecule has 0 amide bonds. The van der Waals surface area contributed by atoms with E-state index in [2.05, 4.69) is 35.3 Å². The number of hydrogen-bond donors (Lipinski definition) is 0. The van der Waals surface area contributed by atoms with E-state index in [1.807, 2.05) is 0 Å². The van der Waals surface area contributed by atoms with Crippen LogP contribution in [0.15, 0.2) is 30.3 Å². The molecular weight excluding hydrogens is 203 g/mol. The van der Waals surface area contributed by atoms with E-state index in [1.54, 1.807) is 3.58 Å². The average Bonchev–Trinajstić information content (AvgIpc) is 1.90. The van der Waals surface area contributed by atoms with Gasteiger partial charge in [-0.2, -0.15) is 0 Å². The Labute approximate surface area is 60.1 Å². The minimum atomic E-state index is -0.144. The van der Waals surface area contributed by atoms with Crippen molar-refractivity contribution in [3.63, 3.8) is 0 Å². The van der Waals surface area contributed by atoms with Crippen molar-refractivity contribution >= 4 is 24.7 Å². The summed E-state index contributed by atoms with van der Waals surface area (Å²) in [5.74, 6) is 0. The van der Waals surface area contributed by atoms with Gasteiger partial charge in [0.1, 0.15) is 0 Å². The standard InChI is InChI=1S/C6H5.CH3.Sn/c1-2-4-6-5-3-1;;/h1-5H;1H3;. The van der Waals surface area contributed by atoms with Gasteiger partial charge in [-0.1, -0.05) is 0 Å². The summed E-state index contributed by atoms with van der Waals surface area (Å²) in [4.78, 5) is 2.33. The average molecular weight is 211 g/mol. The summed E-state index contributed by atoms with van der Waals surface area (Å²) >= 11 is -0.144. The monoisotopic (exact) mass is 212 g/mol. The van der Waals surface area contributed by atoms with Gasteiger partial charge in [-0.15, -0.1) is 0 Å². The molecule has 1 rings (SSSR count). The van der Waals surface area contributed by atoms with Crippen molar-refractivity contribution in [3.8, 4) is 0 Å². The van der Waals surface area contributed by atoms with E-state index in [0.717, 1.165) is 0 Å². The summed E-state index contributed by atoms with van der Waals surface area (Å²) in [6, 6.07) is 10.7. The fourth-order valence-electron chi connectivity index (χ4n) is 0.605. The quantitative estimate of drug-likeness (QED) is 0.609. The van der Waals surface area contributed by atoms with Crippen LogP contribution < -0.4 is 3.58 Å². The molecule has 0 aliphatic rings. The zero-order chi connectivity index (χ0) is 5.82. The van der Waals surface area contributed by atoms with Crippen LogP contribution in [0.3, 0.4) is 0 Å². The molecule has 0 atom stereocenters. The first-order chi connectivity index (χ1) is 3.93. The van der Waals surface area contributed by atoms with Crippen LogP contribution in [0.5, 0.6) is 0 Å². The molecule has 1 heteroatoms. The summed E-state index contributed by atoms with van der Waals surface area (Å²) in [6.07, 6.45) is 0. The van der Waals surface area contributed by atoms with Gasteiger partial charge in [0.15, 0.2) is 0 Å². The molecule has 8 heavy (non-hydrogen) atoms. The van der Waals surface area contributed by atoms with Crippen LogP contribution >= 0.6 is 0 Å². The molecule has 1 aromatic carbocycles. The molecule has 0 nitrogen and oxygen atoms in total. The van der Waals surface area contributed by atoms with E-state index in [4.69, 9.17) is 0 Å². The molecule has 0 saturated carbocycles. The summed E-state index contributed by atoms with van der Waals surface area (Å²) < 4.78 is 1.58. The molecule has 40 valence electrons. The molecule has 0 unspecified atom stereocenters. The first kappa shape index (κ1) is 6.14. The number of benzene rings is 1. The topological polar surface area (TPSA) is 0 Å². The van der Waals surface area contributed by atoms with Crippen molar-refractivity contribution in [2.45, 2.75) is 4.94 Å². The van der Waals surface area contributed by atoms with Crippen molar-refractivity contribution in [1.29, 1.82) is 0 Å². The van der Waals surface area contributed by atoms with Gasteiger partial charge < -0.3 is 0 Å². The molecule has 0 N–H and O–H groups in total. The van der Waals surface area contributed by atoms with Crippen LogP contribution in [-0.2, 0) is 0 Å². The Bertz CT molecular complexity index is 146. The SMILES string of the molecule is [CH3][Sn][c]1ccccc1. The molecule has 0 fully saturated rings. The number of rotatable bonds is 1. The van der Waals surface area contributed by atoms with E-state index in [-0.39, 0.29) is 21.1 Å². The van der Waals surface area contributed by atoms with E-state index in [0.29, 0.717) is 0 Å². The molecular formula is C7H8Sn. The Morgan fingerprint density at radius 2 is 1.75 bits per heavy atom. The van der Waals surface area contributed by atoms with E-state index < -0.39 is 0 Å². The van der Waals surface area contributed by atoms with Gasteiger partial charge in [0, 0.05) is 0 Å². The van der Waals surface area contributed by atoms with Crippen molar-refractivity contribution in [2.75, 3.05) is 0 Å². The van der Waals surface area contributed by atoms with Crippen molar-refractivity contribution in [3.05, 3.63) is 30.3 Å². The second-order valence-corrected chi connectivity index (χ2v) is 4.69. The third-order valence-corrected chi connectivity index (χ3v) is 3.66. The Kier molecular flexibility index (Phi) is 2.40. The first-order valence-corrected chi connectivity index (χ1v) is 6.94. The van der Waals surface area contributed by atoms with Crippen molar-refractivity contribution in [2.24, 2.45) is 0 Å². The fraction of sp³-hybridized carbons (Fsp3) is 0.143. The Hall–Kier alpha value is 0.0187. The van der Waals surface area contributed by atoms with Gasteiger partial charge in [0.2, 0.25) is 0 Å². The molecule has 0 heterocycles. The molecule has 1 aromatic rings. The van der Waals surface area contributed by atoms with E-state index in [9.17, 15) is 0 Å². The van der Waals surface area contributed by atoms with Gasteiger partial charge in [0.25, 0.3) is 0 Å². The summed E-state index contributed by atoms with van der Waals surface area (Å²) in [7, 11) is 0. The minimum absolute atomic E-state index is 0.144. The molecule has 2 radical (unpaired) electrons. The third kappa shape index (κ3) is 1.51. The third-order valence-electron chi connectivity index (χ3n) is 1.06. The molecule has 0 saturated heterocycles. The fourth-order valence-corrected chi connectivity index (χ4v) is 2.11. The second kappa shape index (κ2) is 3.13. The Balaban J connectivity index is 2.83. The van der Waals surface area contributed by atoms with Gasteiger partial charge in [-0.25, -0.2) is 0 Å². The predicted molar refractivity (Wildman–Crippen MR) is 37.7 cm³/mol. The van der Waals surface area contributed by atoms with E-state index >= 15 is 0 Å². The van der Waals surface area contributed by atoms with Crippen LogP contribution in [0.1, 0.15) is 0 Å². The van der Waals surface area contributed by atoms with Crippen LogP contribution in [0.2, 0.25) is 4.94 Å². The number of hydrogen-bond acceptors (Lipinski definition) is 0. The summed E-state index contributed by atoms with van der Waals surface area (Å²) in [5, 5.41) is 0. The molecule has 0 spiro atoms. The predicted octanol–water partition coefficient (Wildman–Crippen LogP) is 1.06. The van der Waals surface area contributed by atoms with Crippen molar-refractivity contribution < 1.29 is 0 Å². The molecule has 0 aliphatic carbocycles. The van der Waals surface area contributed by atoms with Crippen LogP contribution in [-0.4, -0.2) is 21.1 Å². The van der Waals surface area contributed by atoms with Crippen LogP contribution in [0.4, 0.5) is 0 Å². The molecule has 0 aromatic heterocycles. The van der Waals surface area contributed by atoms with Gasteiger partial charge in [-0.05, 0) is 0 Å².